The van der Waals surface area contributed by atoms with E-state index in [9.17, 15) is 23.2 Å². The van der Waals surface area contributed by atoms with Crippen molar-refractivity contribution in [2.24, 2.45) is 5.92 Å². The fourth-order valence-corrected chi connectivity index (χ4v) is 4.95. The zero-order chi connectivity index (χ0) is 30.5. The van der Waals surface area contributed by atoms with Gasteiger partial charge in [-0.15, -0.1) is 0 Å². The van der Waals surface area contributed by atoms with Crippen molar-refractivity contribution in [1.82, 2.24) is 29.3 Å². The Morgan fingerprint density at radius 2 is 2.00 bits per heavy atom. The highest BCUT2D eigenvalue weighted by Crippen LogP contribution is 2.37. The van der Waals surface area contributed by atoms with E-state index < -0.39 is 12.5 Å². The molecule has 0 saturated carbocycles. The van der Waals surface area contributed by atoms with Gasteiger partial charge in [-0.05, 0) is 43.5 Å². The SMILES string of the molecule is CCCOC(=O)C1CCN(C(=O)Cn2cc(NC(=O)c3cnn4cccnc34)c(-c3cc(Cl)ccc3OC(F)F)n2)CC1. The summed E-state index contributed by atoms with van der Waals surface area (Å²) in [5.41, 5.74) is 0.716. The van der Waals surface area contributed by atoms with Gasteiger partial charge in [0.2, 0.25) is 5.91 Å². The summed E-state index contributed by atoms with van der Waals surface area (Å²) < 4.78 is 39.1. The molecule has 1 saturated heterocycles. The van der Waals surface area contributed by atoms with Crippen LogP contribution in [0.15, 0.2) is 49.1 Å². The first-order valence-electron chi connectivity index (χ1n) is 13.6. The van der Waals surface area contributed by atoms with Crippen molar-refractivity contribution in [3.8, 4) is 17.0 Å². The van der Waals surface area contributed by atoms with Crippen LogP contribution < -0.4 is 10.1 Å². The molecule has 0 unspecified atom stereocenters. The maximum atomic E-state index is 13.3. The number of anilines is 1. The molecule has 1 aliphatic rings. The van der Waals surface area contributed by atoms with E-state index >= 15 is 0 Å². The Labute approximate surface area is 249 Å². The van der Waals surface area contributed by atoms with Crippen LogP contribution in [0.3, 0.4) is 0 Å². The van der Waals surface area contributed by atoms with Gasteiger partial charge in [-0.3, -0.25) is 19.1 Å². The average molecular weight is 616 g/mol. The lowest BCUT2D eigenvalue weighted by atomic mass is 9.97. The Morgan fingerprint density at radius 3 is 2.74 bits per heavy atom. The Hall–Kier alpha value is -4.59. The van der Waals surface area contributed by atoms with Crippen LogP contribution in [0.25, 0.3) is 16.9 Å². The Bertz CT molecular complexity index is 1630. The minimum absolute atomic E-state index is 0.0566. The molecule has 0 spiro atoms. The zero-order valence-corrected chi connectivity index (χ0v) is 23.8. The molecule has 5 rings (SSSR count). The van der Waals surface area contributed by atoms with Gasteiger partial charge < -0.3 is 19.7 Å². The van der Waals surface area contributed by atoms with Crippen LogP contribution in [0.4, 0.5) is 14.5 Å². The number of nitrogens with one attached hydrogen (secondary N) is 1. The normalized spacial score (nSPS) is 13.8. The van der Waals surface area contributed by atoms with E-state index in [1.807, 2.05) is 6.92 Å². The third kappa shape index (κ3) is 6.91. The molecule has 0 bridgehead atoms. The summed E-state index contributed by atoms with van der Waals surface area (Å²) in [4.78, 5) is 44.5. The Balaban J connectivity index is 1.40. The number of carbonyl (C=O) groups is 3. The van der Waals surface area contributed by atoms with Crippen LogP contribution in [0.1, 0.15) is 36.5 Å². The number of rotatable bonds is 10. The van der Waals surface area contributed by atoms with Crippen molar-refractivity contribution in [1.29, 1.82) is 0 Å². The third-order valence-electron chi connectivity index (χ3n) is 6.87. The second kappa shape index (κ2) is 13.2. The van der Waals surface area contributed by atoms with E-state index in [2.05, 4.69) is 20.5 Å². The van der Waals surface area contributed by atoms with Crippen LogP contribution in [0.5, 0.6) is 5.75 Å². The van der Waals surface area contributed by atoms with Crippen LogP contribution in [-0.4, -0.2) is 73.4 Å². The summed E-state index contributed by atoms with van der Waals surface area (Å²) >= 11 is 6.18. The molecule has 4 aromatic rings. The van der Waals surface area contributed by atoms with E-state index in [1.54, 1.807) is 17.2 Å². The summed E-state index contributed by atoms with van der Waals surface area (Å²) in [6.07, 6.45) is 7.60. The fraction of sp³-hybridized carbons (Fsp3) is 0.357. The molecule has 1 aromatic carbocycles. The first-order chi connectivity index (χ1) is 20.7. The summed E-state index contributed by atoms with van der Waals surface area (Å²) in [5, 5.41) is 11.5. The lowest BCUT2D eigenvalue weighted by molar-refractivity contribution is -0.151. The molecule has 3 aromatic heterocycles. The van der Waals surface area contributed by atoms with E-state index in [0.29, 0.717) is 38.2 Å². The molecule has 12 nitrogen and oxygen atoms in total. The number of fused-ring (bicyclic) bond motifs is 1. The van der Waals surface area contributed by atoms with E-state index in [0.717, 1.165) is 6.42 Å². The first-order valence-corrected chi connectivity index (χ1v) is 14.0. The number of amides is 2. The van der Waals surface area contributed by atoms with Crippen molar-refractivity contribution in [3.05, 3.63) is 59.6 Å². The molecule has 1 aliphatic heterocycles. The fourth-order valence-electron chi connectivity index (χ4n) is 4.78. The summed E-state index contributed by atoms with van der Waals surface area (Å²) in [6.45, 7) is -0.327. The molecule has 1 fully saturated rings. The quantitative estimate of drug-likeness (QED) is 0.261. The highest BCUT2D eigenvalue weighted by molar-refractivity contribution is 6.31. The minimum atomic E-state index is -3.13. The van der Waals surface area contributed by atoms with Crippen molar-refractivity contribution >= 4 is 40.7 Å². The highest BCUT2D eigenvalue weighted by Gasteiger charge is 2.29. The number of benzene rings is 1. The van der Waals surface area contributed by atoms with Gasteiger partial charge >= 0.3 is 12.6 Å². The number of aromatic nitrogens is 5. The maximum Gasteiger partial charge on any atom is 0.387 e. The summed E-state index contributed by atoms with van der Waals surface area (Å²) in [5.74, 6) is -1.60. The first kappa shape index (κ1) is 29.9. The molecule has 15 heteroatoms. The largest absolute Gasteiger partial charge is 0.465 e. The number of esters is 1. The second-order valence-corrected chi connectivity index (χ2v) is 10.3. The molecule has 4 heterocycles. The van der Waals surface area contributed by atoms with Crippen LogP contribution >= 0.6 is 11.6 Å². The van der Waals surface area contributed by atoms with Crippen molar-refractivity contribution in [2.75, 3.05) is 25.0 Å². The zero-order valence-electron chi connectivity index (χ0n) is 23.1. The molecule has 2 amide bonds. The number of likely N-dealkylation sites (tertiary alicyclic amines) is 1. The molecular weight excluding hydrogens is 588 g/mol. The third-order valence-corrected chi connectivity index (χ3v) is 7.11. The molecule has 1 N–H and O–H groups in total. The smallest absolute Gasteiger partial charge is 0.387 e. The number of nitrogens with zero attached hydrogens (tertiary/aromatic N) is 6. The summed E-state index contributed by atoms with van der Waals surface area (Å²) in [7, 11) is 0. The van der Waals surface area contributed by atoms with E-state index in [1.165, 1.54) is 46.0 Å². The number of alkyl halides is 2. The van der Waals surface area contributed by atoms with Crippen LogP contribution in [0.2, 0.25) is 5.02 Å². The van der Waals surface area contributed by atoms with Crippen molar-refractivity contribution in [2.45, 2.75) is 39.3 Å². The number of hydrogen-bond acceptors (Lipinski definition) is 8. The van der Waals surface area contributed by atoms with Crippen LogP contribution in [0, 0.1) is 5.92 Å². The molecular formula is C28H28ClF2N7O5. The van der Waals surface area contributed by atoms with Gasteiger partial charge in [0.1, 0.15) is 23.6 Å². The van der Waals surface area contributed by atoms with Gasteiger partial charge in [0.05, 0.1) is 24.4 Å². The number of halogens is 3. The van der Waals surface area contributed by atoms with Gasteiger partial charge in [0.25, 0.3) is 5.91 Å². The number of piperidine rings is 1. The lowest BCUT2D eigenvalue weighted by Gasteiger charge is -2.30. The van der Waals surface area contributed by atoms with Crippen LogP contribution in [-0.2, 0) is 20.9 Å². The predicted octanol–water partition coefficient (Wildman–Crippen LogP) is 4.29. The summed E-state index contributed by atoms with van der Waals surface area (Å²) in [6, 6.07) is 5.69. The van der Waals surface area contributed by atoms with Gasteiger partial charge in [-0.2, -0.15) is 19.0 Å². The predicted molar refractivity (Wildman–Crippen MR) is 151 cm³/mol. The standard InChI is InChI=1S/C28H28ClF2N7O5/c1-2-12-42-27(41)17-6-10-36(11-7-17)23(39)16-37-15-21(34-26(40)20-14-33-38-9-3-8-32-25(20)38)24(35-37)19-13-18(29)4-5-22(19)43-28(30)31/h3-5,8-9,13-15,17,28H,2,6-7,10-12,16H2,1H3,(H,34,40). The molecule has 226 valence electrons. The lowest BCUT2D eigenvalue weighted by Crippen LogP contribution is -2.42. The number of carbonyl (C=O) groups excluding carboxylic acids is 3. The Kier molecular flexibility index (Phi) is 9.14. The highest BCUT2D eigenvalue weighted by atomic mass is 35.5. The average Bonchev–Trinajstić information content (AvgIpc) is 3.60. The number of hydrogen-bond donors (Lipinski definition) is 1. The topological polar surface area (TPSA) is 133 Å². The second-order valence-electron chi connectivity index (χ2n) is 9.83. The van der Waals surface area contributed by atoms with Crippen molar-refractivity contribution in [3.63, 3.8) is 0 Å². The van der Waals surface area contributed by atoms with Crippen molar-refractivity contribution < 1.29 is 32.6 Å². The number of ether oxygens (including phenoxy) is 2. The maximum absolute atomic E-state index is 13.3. The van der Waals surface area contributed by atoms with E-state index in [4.69, 9.17) is 21.1 Å². The molecule has 43 heavy (non-hydrogen) atoms. The molecule has 0 aliphatic carbocycles. The minimum Gasteiger partial charge on any atom is -0.465 e. The van der Waals surface area contributed by atoms with Gasteiger partial charge in [-0.1, -0.05) is 18.5 Å². The molecule has 0 radical (unpaired) electrons. The van der Waals surface area contributed by atoms with Gasteiger partial charge in [0, 0.05) is 42.3 Å². The monoisotopic (exact) mass is 615 g/mol. The van der Waals surface area contributed by atoms with Gasteiger partial charge in [-0.25, -0.2) is 9.50 Å². The van der Waals surface area contributed by atoms with Gasteiger partial charge in [0.15, 0.2) is 5.65 Å². The van der Waals surface area contributed by atoms with E-state index in [-0.39, 0.29) is 57.6 Å². The Morgan fingerprint density at radius 1 is 1.21 bits per heavy atom. The molecule has 0 atom stereocenters.